The molecule has 0 unspecified atom stereocenters. The molecular weight excluding hydrogens is 445 g/mol. The summed E-state index contributed by atoms with van der Waals surface area (Å²) in [6, 6.07) is 14.9. The molecule has 160 valence electrons. The van der Waals surface area contributed by atoms with Crippen LogP contribution in [0, 0.1) is 10.1 Å². The van der Waals surface area contributed by atoms with Gasteiger partial charge >= 0.3 is 5.43 Å². The van der Waals surface area contributed by atoms with Crippen LogP contribution in [0.4, 0.5) is 16.2 Å². The van der Waals surface area contributed by atoms with Crippen molar-refractivity contribution in [3.05, 3.63) is 70.3 Å². The molecular formula is C18H22Cl3N3O5. The lowest BCUT2D eigenvalue weighted by Crippen LogP contribution is -2.46. The molecule has 0 amide bonds. The van der Waals surface area contributed by atoms with E-state index in [1.54, 1.807) is 41.4 Å². The maximum atomic E-state index is 10.4. The normalized spacial score (nSPS) is 9.45. The van der Waals surface area contributed by atoms with Crippen molar-refractivity contribution in [1.29, 1.82) is 0 Å². The Balaban J connectivity index is 0. The van der Waals surface area contributed by atoms with Crippen LogP contribution in [0.3, 0.4) is 0 Å². The van der Waals surface area contributed by atoms with Gasteiger partial charge in [-0.2, -0.15) is 0 Å². The standard InChI is InChI=1S/C10H15N3O2.C7H5ClO.CHClO2.ClH/c1-10(2,3)12(11)8-4-6-9(7-5-8)13(14)15;8-7(9)6-4-2-1-3-5-6;2-1(3)4;/h4-7H,11H2,1-3H3;1-5H;(H,3,4);1H. The third-order valence-corrected chi connectivity index (χ3v) is 3.28. The molecule has 0 aliphatic carbocycles. The second-order valence-corrected chi connectivity index (χ2v) is 6.87. The summed E-state index contributed by atoms with van der Waals surface area (Å²) in [7, 11) is 0. The van der Waals surface area contributed by atoms with Gasteiger partial charge in [-0.3, -0.25) is 14.9 Å². The highest BCUT2D eigenvalue weighted by Crippen LogP contribution is 2.22. The first-order chi connectivity index (χ1) is 12.9. The van der Waals surface area contributed by atoms with Gasteiger partial charge in [-0.15, -0.1) is 12.4 Å². The Kier molecular flexibility index (Phi) is 13.6. The molecule has 0 aromatic heterocycles. The Hall–Kier alpha value is -2.39. The second kappa shape index (κ2) is 13.7. The lowest BCUT2D eigenvalue weighted by Gasteiger charge is -2.32. The number of nitro benzene ring substituents is 1. The molecule has 0 saturated heterocycles. The Morgan fingerprint density at radius 2 is 1.45 bits per heavy atom. The average Bonchev–Trinajstić information content (AvgIpc) is 2.61. The molecule has 0 spiro atoms. The molecule has 0 saturated carbocycles. The van der Waals surface area contributed by atoms with E-state index in [0.29, 0.717) is 5.56 Å². The van der Waals surface area contributed by atoms with Gasteiger partial charge in [0.1, 0.15) is 0 Å². The number of rotatable bonds is 3. The van der Waals surface area contributed by atoms with Crippen LogP contribution in [-0.2, 0) is 0 Å². The van der Waals surface area contributed by atoms with Gasteiger partial charge in [0, 0.05) is 34.8 Å². The molecule has 2 aromatic rings. The van der Waals surface area contributed by atoms with Gasteiger partial charge in [0.15, 0.2) is 0 Å². The summed E-state index contributed by atoms with van der Waals surface area (Å²) in [5.41, 5.74) is -0.204. The van der Waals surface area contributed by atoms with E-state index < -0.39 is 15.6 Å². The van der Waals surface area contributed by atoms with Crippen LogP contribution in [-0.4, -0.2) is 26.2 Å². The van der Waals surface area contributed by atoms with E-state index in [-0.39, 0.29) is 23.6 Å². The van der Waals surface area contributed by atoms with Gasteiger partial charge in [-0.05, 0) is 44.5 Å². The number of carboxylic acid groups (broad SMARTS) is 1. The van der Waals surface area contributed by atoms with E-state index in [1.807, 2.05) is 26.8 Å². The summed E-state index contributed by atoms with van der Waals surface area (Å²) in [6.45, 7) is 5.90. The van der Waals surface area contributed by atoms with Crippen LogP contribution < -0.4 is 10.9 Å². The molecule has 0 bridgehead atoms. The molecule has 0 atom stereocenters. The zero-order valence-electron chi connectivity index (χ0n) is 15.9. The number of hydrogen-bond acceptors (Lipinski definition) is 6. The van der Waals surface area contributed by atoms with Gasteiger partial charge in [-0.1, -0.05) is 30.3 Å². The highest BCUT2D eigenvalue weighted by atomic mass is 35.5. The van der Waals surface area contributed by atoms with Crippen molar-refractivity contribution in [2.24, 2.45) is 5.84 Å². The Morgan fingerprint density at radius 3 is 1.72 bits per heavy atom. The van der Waals surface area contributed by atoms with Gasteiger partial charge in [-0.25, -0.2) is 10.6 Å². The molecule has 11 heteroatoms. The Labute approximate surface area is 184 Å². The number of nitrogens with two attached hydrogens (primary N) is 1. The fourth-order valence-electron chi connectivity index (χ4n) is 1.69. The van der Waals surface area contributed by atoms with Crippen LogP contribution in [0.1, 0.15) is 31.1 Å². The zero-order chi connectivity index (χ0) is 21.9. The highest BCUT2D eigenvalue weighted by molar-refractivity contribution is 6.67. The largest absolute Gasteiger partial charge is 0.469 e. The minimum absolute atomic E-state index is 0. The second-order valence-electron chi connectivity index (χ2n) is 6.21. The molecule has 0 aliphatic heterocycles. The highest BCUT2D eigenvalue weighted by Gasteiger charge is 2.18. The monoisotopic (exact) mass is 465 g/mol. The first-order valence-corrected chi connectivity index (χ1v) is 8.54. The van der Waals surface area contributed by atoms with E-state index in [1.165, 1.54) is 12.1 Å². The summed E-state index contributed by atoms with van der Waals surface area (Å²) in [5.74, 6) is 5.86. The number of nitrogens with zero attached hydrogens (tertiary/aromatic N) is 2. The lowest BCUT2D eigenvalue weighted by atomic mass is 10.1. The first-order valence-electron chi connectivity index (χ1n) is 7.79. The molecule has 29 heavy (non-hydrogen) atoms. The van der Waals surface area contributed by atoms with E-state index in [9.17, 15) is 14.9 Å². The summed E-state index contributed by atoms with van der Waals surface area (Å²) in [6.07, 6.45) is 0. The SMILES string of the molecule is CC(C)(C)N(N)c1ccc([N+](=O)[O-])cc1.Cl.O=C(Cl)c1ccccc1.O=C(O)Cl. The van der Waals surface area contributed by atoms with Gasteiger partial charge in [0.05, 0.1) is 10.6 Å². The predicted molar refractivity (Wildman–Crippen MR) is 117 cm³/mol. The van der Waals surface area contributed by atoms with E-state index in [4.69, 9.17) is 27.3 Å². The smallest absolute Gasteiger partial charge is 0.401 e. The molecule has 0 fully saturated rings. The predicted octanol–water partition coefficient (Wildman–Crippen LogP) is 5.46. The number of non-ortho nitro benzene ring substituents is 1. The van der Waals surface area contributed by atoms with Gasteiger partial charge in [0.2, 0.25) is 0 Å². The van der Waals surface area contributed by atoms with Crippen LogP contribution in [0.2, 0.25) is 0 Å². The molecule has 0 radical (unpaired) electrons. The minimum atomic E-state index is -1.36. The third-order valence-electron chi connectivity index (χ3n) is 3.06. The van der Waals surface area contributed by atoms with Crippen LogP contribution >= 0.6 is 35.6 Å². The average molecular weight is 467 g/mol. The quantitative estimate of drug-likeness (QED) is 0.266. The first kappa shape index (κ1) is 28.8. The van der Waals surface area contributed by atoms with Crippen molar-refractivity contribution in [3.63, 3.8) is 0 Å². The number of carbonyl (C=O) groups excluding carboxylic acids is 1. The van der Waals surface area contributed by atoms with Gasteiger partial charge in [0.25, 0.3) is 10.9 Å². The number of halogens is 3. The number of anilines is 1. The van der Waals surface area contributed by atoms with E-state index in [0.717, 1.165) is 5.69 Å². The van der Waals surface area contributed by atoms with Crippen molar-refractivity contribution in [2.45, 2.75) is 26.3 Å². The molecule has 0 heterocycles. The van der Waals surface area contributed by atoms with E-state index >= 15 is 0 Å². The molecule has 3 N–H and O–H groups in total. The summed E-state index contributed by atoms with van der Waals surface area (Å²) < 4.78 is 0. The lowest BCUT2D eigenvalue weighted by molar-refractivity contribution is -0.384. The van der Waals surface area contributed by atoms with E-state index in [2.05, 4.69) is 11.6 Å². The van der Waals surface area contributed by atoms with Crippen molar-refractivity contribution in [2.75, 3.05) is 5.01 Å². The number of nitro groups is 1. The van der Waals surface area contributed by atoms with Crippen LogP contribution in [0.15, 0.2) is 54.6 Å². The number of hydrazine groups is 1. The Bertz CT molecular complexity index is 778. The van der Waals surface area contributed by atoms with Crippen molar-refractivity contribution < 1.29 is 19.6 Å². The minimum Gasteiger partial charge on any atom is -0.469 e. The topological polar surface area (TPSA) is 127 Å². The van der Waals surface area contributed by atoms with Crippen LogP contribution in [0.5, 0.6) is 0 Å². The fourth-order valence-corrected chi connectivity index (χ4v) is 1.82. The van der Waals surface area contributed by atoms with Gasteiger partial charge < -0.3 is 10.1 Å². The van der Waals surface area contributed by atoms with Crippen LogP contribution in [0.25, 0.3) is 0 Å². The number of carbonyl (C=O) groups is 2. The summed E-state index contributed by atoms with van der Waals surface area (Å²) >= 11 is 9.36. The third kappa shape index (κ3) is 12.6. The number of hydrogen-bond donors (Lipinski definition) is 2. The van der Waals surface area contributed by atoms with Crippen molar-refractivity contribution in [3.8, 4) is 0 Å². The zero-order valence-corrected chi connectivity index (χ0v) is 18.2. The Morgan fingerprint density at radius 1 is 1.03 bits per heavy atom. The maximum Gasteiger partial charge on any atom is 0.401 e. The van der Waals surface area contributed by atoms with Crippen molar-refractivity contribution >= 4 is 57.7 Å². The number of benzene rings is 2. The maximum absolute atomic E-state index is 10.4. The molecule has 8 nitrogen and oxygen atoms in total. The van der Waals surface area contributed by atoms with Crippen molar-refractivity contribution in [1.82, 2.24) is 0 Å². The summed E-state index contributed by atoms with van der Waals surface area (Å²) in [5, 5.41) is 18.8. The fraction of sp³-hybridized carbons (Fsp3) is 0.222. The summed E-state index contributed by atoms with van der Waals surface area (Å²) in [4.78, 5) is 29.2. The molecule has 2 aromatic carbocycles. The molecule has 0 aliphatic rings. The molecule has 2 rings (SSSR count).